The first-order valence-corrected chi connectivity index (χ1v) is 8.12. The number of benzene rings is 1. The van der Waals surface area contributed by atoms with Crippen LogP contribution in [-0.4, -0.2) is 44.2 Å². The number of piperidine rings is 2. The van der Waals surface area contributed by atoms with Gasteiger partial charge in [0.25, 0.3) is 0 Å². The molecule has 2 fully saturated rings. The van der Waals surface area contributed by atoms with Gasteiger partial charge in [-0.05, 0) is 56.3 Å². The zero-order valence-electron chi connectivity index (χ0n) is 13.2. The molecule has 3 rings (SSSR count). The van der Waals surface area contributed by atoms with E-state index >= 15 is 0 Å². The van der Waals surface area contributed by atoms with Crippen molar-refractivity contribution in [3.05, 3.63) is 24.3 Å². The summed E-state index contributed by atoms with van der Waals surface area (Å²) in [5.41, 5.74) is 1.25. The van der Waals surface area contributed by atoms with Gasteiger partial charge in [0.2, 0.25) is 0 Å². The highest BCUT2D eigenvalue weighted by molar-refractivity contribution is 5.89. The molecular formula is C17H25N3O2. The van der Waals surface area contributed by atoms with E-state index in [-0.39, 0.29) is 6.03 Å². The molecular weight excluding hydrogens is 278 g/mol. The molecule has 2 saturated heterocycles. The summed E-state index contributed by atoms with van der Waals surface area (Å²) in [6.45, 7) is 3.96. The summed E-state index contributed by atoms with van der Waals surface area (Å²) in [5, 5.41) is 6.40. The van der Waals surface area contributed by atoms with Gasteiger partial charge >= 0.3 is 6.03 Å². The Labute approximate surface area is 132 Å². The standard InChI is InChI=1S/C17H25N3O2/c1-22-15-4-2-3-14(13-15)19-16(21)20-11-7-17(8-12-20)5-9-18-10-6-17/h2-4,13,18H,5-12H2,1H3,(H,19,21). The van der Waals surface area contributed by atoms with Crippen LogP contribution >= 0.6 is 0 Å². The summed E-state index contributed by atoms with van der Waals surface area (Å²) in [6, 6.07) is 7.48. The Morgan fingerprint density at radius 1 is 1.23 bits per heavy atom. The Hall–Kier alpha value is -1.75. The van der Waals surface area contributed by atoms with E-state index in [1.807, 2.05) is 29.2 Å². The number of rotatable bonds is 2. The van der Waals surface area contributed by atoms with Crippen LogP contribution in [0.4, 0.5) is 10.5 Å². The molecule has 22 heavy (non-hydrogen) atoms. The third-order valence-corrected chi connectivity index (χ3v) is 5.10. The van der Waals surface area contributed by atoms with Crippen LogP contribution in [0.1, 0.15) is 25.7 Å². The summed E-state index contributed by atoms with van der Waals surface area (Å²) >= 11 is 0. The first kappa shape index (κ1) is 15.2. The van der Waals surface area contributed by atoms with Gasteiger partial charge in [0.15, 0.2) is 0 Å². The number of methoxy groups -OCH3 is 1. The van der Waals surface area contributed by atoms with Crippen molar-refractivity contribution in [3.8, 4) is 5.75 Å². The van der Waals surface area contributed by atoms with Crippen LogP contribution in [0.2, 0.25) is 0 Å². The van der Waals surface area contributed by atoms with Crippen molar-refractivity contribution < 1.29 is 9.53 Å². The number of hydrogen-bond donors (Lipinski definition) is 2. The highest BCUT2D eigenvalue weighted by atomic mass is 16.5. The van der Waals surface area contributed by atoms with Crippen LogP contribution < -0.4 is 15.4 Å². The van der Waals surface area contributed by atoms with Crippen molar-refractivity contribution in [1.29, 1.82) is 0 Å². The number of nitrogens with one attached hydrogen (secondary N) is 2. The highest BCUT2D eigenvalue weighted by Crippen LogP contribution is 2.39. The van der Waals surface area contributed by atoms with Crippen LogP contribution in [0.15, 0.2) is 24.3 Å². The normalized spacial score (nSPS) is 20.7. The van der Waals surface area contributed by atoms with Crippen molar-refractivity contribution in [1.82, 2.24) is 10.2 Å². The van der Waals surface area contributed by atoms with Crippen LogP contribution in [0.25, 0.3) is 0 Å². The SMILES string of the molecule is COc1cccc(NC(=O)N2CCC3(CCNCC3)CC2)c1. The molecule has 2 N–H and O–H groups in total. The lowest BCUT2D eigenvalue weighted by atomic mass is 9.72. The third kappa shape index (κ3) is 3.35. The zero-order valence-corrected chi connectivity index (χ0v) is 13.2. The number of ether oxygens (including phenoxy) is 1. The van der Waals surface area contributed by atoms with E-state index in [0.717, 1.165) is 50.5 Å². The number of carbonyl (C=O) groups is 1. The van der Waals surface area contributed by atoms with Crippen LogP contribution in [0.5, 0.6) is 5.75 Å². The van der Waals surface area contributed by atoms with E-state index in [1.54, 1.807) is 7.11 Å². The lowest BCUT2D eigenvalue weighted by Gasteiger charge is -2.44. The first-order valence-electron chi connectivity index (χ1n) is 8.12. The molecule has 2 heterocycles. The molecule has 5 heteroatoms. The molecule has 0 aliphatic carbocycles. The van der Waals surface area contributed by atoms with Gasteiger partial charge in [-0.3, -0.25) is 0 Å². The fraction of sp³-hybridized carbons (Fsp3) is 0.588. The zero-order chi connectivity index (χ0) is 15.4. The molecule has 2 aliphatic heterocycles. The predicted octanol–water partition coefficient (Wildman–Crippen LogP) is 2.69. The van der Waals surface area contributed by atoms with E-state index in [0.29, 0.717) is 5.41 Å². The van der Waals surface area contributed by atoms with Crippen molar-refractivity contribution in [2.24, 2.45) is 5.41 Å². The topological polar surface area (TPSA) is 53.6 Å². The van der Waals surface area contributed by atoms with Gasteiger partial charge in [-0.1, -0.05) is 6.07 Å². The summed E-state index contributed by atoms with van der Waals surface area (Å²) < 4.78 is 5.19. The second-order valence-corrected chi connectivity index (χ2v) is 6.40. The average Bonchev–Trinajstić information content (AvgIpc) is 2.56. The monoisotopic (exact) mass is 303 g/mol. The molecule has 0 radical (unpaired) electrons. The molecule has 0 saturated carbocycles. The van der Waals surface area contributed by atoms with E-state index in [9.17, 15) is 4.79 Å². The summed E-state index contributed by atoms with van der Waals surface area (Å²) in [6.07, 6.45) is 4.75. The molecule has 0 aromatic heterocycles. The number of hydrogen-bond acceptors (Lipinski definition) is 3. The maximum absolute atomic E-state index is 12.4. The smallest absolute Gasteiger partial charge is 0.321 e. The number of nitrogens with zero attached hydrogens (tertiary/aromatic N) is 1. The van der Waals surface area contributed by atoms with Crippen molar-refractivity contribution in [2.75, 3.05) is 38.6 Å². The summed E-state index contributed by atoms with van der Waals surface area (Å²) in [4.78, 5) is 14.3. The fourth-order valence-electron chi connectivity index (χ4n) is 3.54. The molecule has 120 valence electrons. The second-order valence-electron chi connectivity index (χ2n) is 6.40. The fourth-order valence-corrected chi connectivity index (χ4v) is 3.54. The van der Waals surface area contributed by atoms with Gasteiger partial charge in [0.1, 0.15) is 5.75 Å². The summed E-state index contributed by atoms with van der Waals surface area (Å²) in [5.74, 6) is 0.755. The van der Waals surface area contributed by atoms with Crippen LogP contribution in [0, 0.1) is 5.41 Å². The van der Waals surface area contributed by atoms with Gasteiger partial charge in [0.05, 0.1) is 7.11 Å². The lowest BCUT2D eigenvalue weighted by molar-refractivity contribution is 0.0915. The van der Waals surface area contributed by atoms with Crippen molar-refractivity contribution in [2.45, 2.75) is 25.7 Å². The molecule has 0 atom stereocenters. The van der Waals surface area contributed by atoms with E-state index in [4.69, 9.17) is 4.74 Å². The lowest BCUT2D eigenvalue weighted by Crippen LogP contribution is -2.48. The Balaban J connectivity index is 1.55. The van der Waals surface area contributed by atoms with Gasteiger partial charge < -0.3 is 20.3 Å². The van der Waals surface area contributed by atoms with Gasteiger partial charge in [-0.25, -0.2) is 4.79 Å². The quantitative estimate of drug-likeness (QED) is 0.883. The second kappa shape index (κ2) is 6.57. The molecule has 0 unspecified atom stereocenters. The van der Waals surface area contributed by atoms with Gasteiger partial charge in [-0.2, -0.15) is 0 Å². The number of urea groups is 1. The minimum absolute atomic E-state index is 0.00274. The van der Waals surface area contributed by atoms with Crippen molar-refractivity contribution >= 4 is 11.7 Å². The minimum Gasteiger partial charge on any atom is -0.497 e. The van der Waals surface area contributed by atoms with E-state index in [2.05, 4.69) is 10.6 Å². The number of likely N-dealkylation sites (tertiary alicyclic amines) is 1. The number of anilines is 1. The number of carbonyl (C=O) groups excluding carboxylic acids is 1. The Kier molecular flexibility index (Phi) is 4.52. The van der Waals surface area contributed by atoms with E-state index < -0.39 is 0 Å². The van der Waals surface area contributed by atoms with Crippen LogP contribution in [0.3, 0.4) is 0 Å². The average molecular weight is 303 g/mol. The molecule has 1 aromatic rings. The van der Waals surface area contributed by atoms with Gasteiger partial charge in [0, 0.05) is 24.8 Å². The van der Waals surface area contributed by atoms with E-state index in [1.165, 1.54) is 12.8 Å². The Bertz CT molecular complexity index is 516. The molecule has 2 amide bonds. The number of amides is 2. The highest BCUT2D eigenvalue weighted by Gasteiger charge is 2.36. The van der Waals surface area contributed by atoms with Crippen molar-refractivity contribution in [3.63, 3.8) is 0 Å². The Morgan fingerprint density at radius 3 is 2.64 bits per heavy atom. The maximum atomic E-state index is 12.4. The summed E-state index contributed by atoms with van der Waals surface area (Å²) in [7, 11) is 1.63. The molecule has 5 nitrogen and oxygen atoms in total. The maximum Gasteiger partial charge on any atom is 0.321 e. The van der Waals surface area contributed by atoms with Crippen LogP contribution in [-0.2, 0) is 0 Å². The largest absolute Gasteiger partial charge is 0.497 e. The third-order valence-electron chi connectivity index (χ3n) is 5.10. The van der Waals surface area contributed by atoms with Gasteiger partial charge in [-0.15, -0.1) is 0 Å². The molecule has 1 aromatic carbocycles. The minimum atomic E-state index is -0.00274. The predicted molar refractivity (Wildman–Crippen MR) is 87.4 cm³/mol. The first-order chi connectivity index (χ1) is 10.7. The Morgan fingerprint density at radius 2 is 1.95 bits per heavy atom. The molecule has 2 aliphatic rings. The molecule has 0 bridgehead atoms. The molecule has 1 spiro atoms.